The van der Waals surface area contributed by atoms with Gasteiger partial charge in [0.05, 0.1) is 11.3 Å². The molecular weight excluding hydrogens is 397 g/mol. The second kappa shape index (κ2) is 7.90. The van der Waals surface area contributed by atoms with Crippen molar-refractivity contribution in [2.75, 3.05) is 5.32 Å². The van der Waals surface area contributed by atoms with Gasteiger partial charge in [0, 0.05) is 11.3 Å². The van der Waals surface area contributed by atoms with Gasteiger partial charge in [-0.3, -0.25) is 4.79 Å². The van der Waals surface area contributed by atoms with E-state index in [0.717, 1.165) is 12.1 Å². The van der Waals surface area contributed by atoms with Gasteiger partial charge in [-0.25, -0.2) is 0 Å². The van der Waals surface area contributed by atoms with Gasteiger partial charge in [-0.1, -0.05) is 24.3 Å². The molecule has 1 aliphatic heterocycles. The molecule has 1 aliphatic rings. The number of amidine groups is 1. The Labute approximate surface area is 169 Å². The lowest BCUT2D eigenvalue weighted by Crippen LogP contribution is -2.23. The van der Waals surface area contributed by atoms with Crippen molar-refractivity contribution in [3.8, 4) is 11.5 Å². The molecule has 1 heterocycles. The lowest BCUT2D eigenvalue weighted by Gasteiger charge is -2.23. The quantitative estimate of drug-likeness (QED) is 0.545. The Balaban J connectivity index is 1.54. The van der Waals surface area contributed by atoms with Crippen molar-refractivity contribution in [2.24, 2.45) is 4.99 Å². The third kappa shape index (κ3) is 4.27. The van der Waals surface area contributed by atoms with Crippen molar-refractivity contribution in [3.05, 3.63) is 83.9 Å². The Morgan fingerprint density at radius 1 is 0.967 bits per heavy atom. The van der Waals surface area contributed by atoms with E-state index < -0.39 is 17.8 Å². The molecule has 0 fully saturated rings. The number of benzene rings is 3. The van der Waals surface area contributed by atoms with Gasteiger partial charge in [-0.05, 0) is 48.5 Å². The summed E-state index contributed by atoms with van der Waals surface area (Å²) in [4.78, 5) is 15.5. The number of carbonyl (C=O) groups is 1. The van der Waals surface area contributed by atoms with Gasteiger partial charge >= 0.3 is 6.18 Å². The van der Waals surface area contributed by atoms with Crippen LogP contribution in [0.4, 0.5) is 24.5 Å². The lowest BCUT2D eigenvalue weighted by atomic mass is 10.0. The number of alkyl halides is 3. The molecule has 0 amide bonds. The summed E-state index contributed by atoms with van der Waals surface area (Å²) in [5.74, 6) is 1.29. The first kappa shape index (κ1) is 19.5. The largest absolute Gasteiger partial charge is 0.457 e. The molecule has 0 bridgehead atoms. The van der Waals surface area contributed by atoms with Crippen molar-refractivity contribution in [1.82, 2.24) is 0 Å². The maximum absolute atomic E-state index is 13.0. The van der Waals surface area contributed by atoms with Crippen LogP contribution in [0.15, 0.2) is 77.8 Å². The number of aliphatic imine (C=N–C) groups is 1. The average Bonchev–Trinajstić information content (AvgIpc) is 2.74. The van der Waals surface area contributed by atoms with Crippen molar-refractivity contribution in [1.29, 1.82) is 0 Å². The van der Waals surface area contributed by atoms with Crippen LogP contribution in [0, 0.1) is 0 Å². The fourth-order valence-corrected chi connectivity index (χ4v) is 2.89. The number of nitrogens with zero attached hydrogens (tertiary/aromatic N) is 1. The molecule has 3 aromatic carbocycles. The van der Waals surface area contributed by atoms with Crippen molar-refractivity contribution >= 4 is 23.7 Å². The number of nitrogens with one attached hydrogen (secondary N) is 1. The standard InChI is InChI=1S/C22H15F3N2O3/c23-22(24,25)14-6-11-18-19(12-14)27-21(30-20(18)13-28)26-15-7-9-17(10-8-15)29-16-4-2-1-3-5-16/h1-13,20H,(H,26,27). The summed E-state index contributed by atoms with van der Waals surface area (Å²) in [7, 11) is 0. The zero-order valence-electron chi connectivity index (χ0n) is 15.4. The third-order valence-electron chi connectivity index (χ3n) is 4.33. The lowest BCUT2D eigenvalue weighted by molar-refractivity contribution is -0.137. The first-order chi connectivity index (χ1) is 14.4. The van der Waals surface area contributed by atoms with E-state index >= 15 is 0 Å². The summed E-state index contributed by atoms with van der Waals surface area (Å²) >= 11 is 0. The van der Waals surface area contributed by atoms with Crippen LogP contribution in [-0.4, -0.2) is 12.3 Å². The van der Waals surface area contributed by atoms with Crippen LogP contribution in [0.3, 0.4) is 0 Å². The van der Waals surface area contributed by atoms with Gasteiger partial charge < -0.3 is 14.8 Å². The zero-order valence-corrected chi connectivity index (χ0v) is 15.4. The molecule has 0 aliphatic carbocycles. The Morgan fingerprint density at radius 2 is 1.67 bits per heavy atom. The minimum atomic E-state index is -4.51. The van der Waals surface area contributed by atoms with Crippen LogP contribution in [0.2, 0.25) is 0 Å². The van der Waals surface area contributed by atoms with Crippen molar-refractivity contribution in [2.45, 2.75) is 12.3 Å². The van der Waals surface area contributed by atoms with Crippen LogP contribution in [0.25, 0.3) is 0 Å². The molecule has 30 heavy (non-hydrogen) atoms. The SMILES string of the molecule is O=CC1OC(Nc2ccc(Oc3ccccc3)cc2)=Nc2cc(C(F)(F)F)ccc21. The second-order valence-electron chi connectivity index (χ2n) is 6.43. The van der Waals surface area contributed by atoms with Gasteiger partial charge in [0.1, 0.15) is 11.5 Å². The number of anilines is 1. The van der Waals surface area contributed by atoms with Crippen LogP contribution >= 0.6 is 0 Å². The number of fused-ring (bicyclic) bond motifs is 1. The number of aldehydes is 1. The van der Waals surface area contributed by atoms with Crippen LogP contribution in [-0.2, 0) is 15.7 Å². The molecule has 152 valence electrons. The molecule has 5 nitrogen and oxygen atoms in total. The fraction of sp³-hybridized carbons (Fsp3) is 0.0909. The smallest absolute Gasteiger partial charge is 0.416 e. The summed E-state index contributed by atoms with van der Waals surface area (Å²) in [6.45, 7) is 0. The van der Waals surface area contributed by atoms with E-state index in [0.29, 0.717) is 23.5 Å². The highest BCUT2D eigenvalue weighted by molar-refractivity contribution is 5.94. The zero-order chi connectivity index (χ0) is 21.1. The molecule has 1 unspecified atom stereocenters. The molecule has 0 spiro atoms. The summed E-state index contributed by atoms with van der Waals surface area (Å²) in [5, 5.41) is 2.87. The van der Waals surface area contributed by atoms with E-state index in [2.05, 4.69) is 10.3 Å². The van der Waals surface area contributed by atoms with E-state index in [-0.39, 0.29) is 17.3 Å². The summed E-state index contributed by atoms with van der Waals surface area (Å²) in [6.07, 6.45) is -5.05. The third-order valence-corrected chi connectivity index (χ3v) is 4.33. The maximum Gasteiger partial charge on any atom is 0.416 e. The number of halogens is 3. The Morgan fingerprint density at radius 3 is 2.33 bits per heavy atom. The van der Waals surface area contributed by atoms with Crippen LogP contribution < -0.4 is 10.1 Å². The maximum atomic E-state index is 13.0. The summed E-state index contributed by atoms with van der Waals surface area (Å²) in [5.41, 5.74) is 0.0161. The minimum absolute atomic E-state index is 0.0275. The molecule has 1 N–H and O–H groups in total. The highest BCUT2D eigenvalue weighted by atomic mass is 19.4. The number of ether oxygens (including phenoxy) is 2. The topological polar surface area (TPSA) is 59.9 Å². The predicted molar refractivity (Wildman–Crippen MR) is 105 cm³/mol. The molecule has 0 saturated carbocycles. The Hall–Kier alpha value is -3.81. The number of hydrogen-bond donors (Lipinski definition) is 1. The molecule has 4 rings (SSSR count). The number of para-hydroxylation sites is 1. The number of rotatable bonds is 4. The molecule has 0 saturated heterocycles. The highest BCUT2D eigenvalue weighted by Crippen LogP contribution is 2.38. The molecular formula is C22H15F3N2O3. The van der Waals surface area contributed by atoms with Crippen molar-refractivity contribution < 1.29 is 27.4 Å². The first-order valence-electron chi connectivity index (χ1n) is 8.94. The van der Waals surface area contributed by atoms with Gasteiger partial charge in [0.25, 0.3) is 6.02 Å². The Bertz CT molecular complexity index is 1080. The molecule has 3 aromatic rings. The van der Waals surface area contributed by atoms with Gasteiger partial charge in [0.15, 0.2) is 12.4 Å². The number of carbonyl (C=O) groups excluding carboxylic acids is 1. The summed E-state index contributed by atoms with van der Waals surface area (Å²) < 4.78 is 50.2. The number of hydrogen-bond acceptors (Lipinski definition) is 5. The molecule has 1 atom stereocenters. The van der Waals surface area contributed by atoms with Crippen molar-refractivity contribution in [3.63, 3.8) is 0 Å². The van der Waals surface area contributed by atoms with E-state index in [1.165, 1.54) is 6.07 Å². The second-order valence-corrected chi connectivity index (χ2v) is 6.43. The molecule has 8 heteroatoms. The van der Waals surface area contributed by atoms with Crippen LogP contribution in [0.5, 0.6) is 11.5 Å². The fourth-order valence-electron chi connectivity index (χ4n) is 2.89. The van der Waals surface area contributed by atoms with Gasteiger partial charge in [-0.15, -0.1) is 0 Å². The normalized spacial score (nSPS) is 15.4. The minimum Gasteiger partial charge on any atom is -0.457 e. The Kier molecular flexibility index (Phi) is 5.14. The van der Waals surface area contributed by atoms with E-state index in [1.54, 1.807) is 24.3 Å². The molecule has 0 radical (unpaired) electrons. The monoisotopic (exact) mass is 412 g/mol. The predicted octanol–water partition coefficient (Wildman–Crippen LogP) is 5.87. The van der Waals surface area contributed by atoms with Gasteiger partial charge in [-0.2, -0.15) is 18.2 Å². The van der Waals surface area contributed by atoms with Gasteiger partial charge in [0.2, 0.25) is 0 Å². The highest BCUT2D eigenvalue weighted by Gasteiger charge is 2.33. The average molecular weight is 412 g/mol. The van der Waals surface area contributed by atoms with E-state index in [1.807, 2.05) is 30.3 Å². The molecule has 0 aromatic heterocycles. The van der Waals surface area contributed by atoms with E-state index in [9.17, 15) is 18.0 Å². The summed E-state index contributed by atoms with van der Waals surface area (Å²) in [6, 6.07) is 19.0. The first-order valence-corrected chi connectivity index (χ1v) is 8.94. The van der Waals surface area contributed by atoms with Crippen LogP contribution in [0.1, 0.15) is 17.2 Å². The van der Waals surface area contributed by atoms with E-state index in [4.69, 9.17) is 9.47 Å².